The van der Waals surface area contributed by atoms with Crippen LogP contribution in [0.4, 0.5) is 0 Å². The smallest absolute Gasteiger partial charge is 0.337 e. The molecule has 1 aromatic heterocycles. The van der Waals surface area contributed by atoms with Crippen LogP contribution in [0.1, 0.15) is 15.9 Å². The van der Waals surface area contributed by atoms with Crippen LogP contribution >= 0.6 is 23.2 Å². The van der Waals surface area contributed by atoms with Crippen molar-refractivity contribution in [2.24, 2.45) is 0 Å². The van der Waals surface area contributed by atoms with Gasteiger partial charge in [-0.15, -0.1) is 0 Å². The number of aromatic nitrogens is 1. The Labute approximate surface area is 131 Å². The molecule has 0 atom stereocenters. The van der Waals surface area contributed by atoms with E-state index < -0.39 is 5.97 Å². The molecular formula is C16H11Cl2NO2. The first-order valence-corrected chi connectivity index (χ1v) is 7.06. The van der Waals surface area contributed by atoms with Crippen LogP contribution in [-0.2, 0) is 6.54 Å². The SMILES string of the molecule is O=C(O)c1cn(Cc2ccc(Cl)cc2)c2ccc(Cl)cc12. The van der Waals surface area contributed by atoms with Crippen LogP contribution in [0, 0.1) is 0 Å². The van der Waals surface area contributed by atoms with E-state index in [4.69, 9.17) is 23.2 Å². The van der Waals surface area contributed by atoms with Gasteiger partial charge in [0.1, 0.15) is 0 Å². The number of rotatable bonds is 3. The molecule has 0 aliphatic carbocycles. The Hall–Kier alpha value is -1.97. The fraction of sp³-hybridized carbons (Fsp3) is 0.0625. The molecule has 0 aliphatic rings. The van der Waals surface area contributed by atoms with Gasteiger partial charge in [-0.1, -0.05) is 35.3 Å². The van der Waals surface area contributed by atoms with Gasteiger partial charge in [-0.25, -0.2) is 4.79 Å². The number of hydrogen-bond donors (Lipinski definition) is 1. The van der Waals surface area contributed by atoms with Gasteiger partial charge in [0.2, 0.25) is 0 Å². The number of aromatic carboxylic acids is 1. The molecule has 2 aromatic carbocycles. The number of carbonyl (C=O) groups is 1. The molecule has 0 spiro atoms. The van der Waals surface area contributed by atoms with Crippen LogP contribution in [0.25, 0.3) is 10.9 Å². The van der Waals surface area contributed by atoms with Crippen LogP contribution in [0.2, 0.25) is 10.0 Å². The molecule has 0 bridgehead atoms. The number of benzene rings is 2. The van der Waals surface area contributed by atoms with Crippen molar-refractivity contribution in [2.45, 2.75) is 6.54 Å². The van der Waals surface area contributed by atoms with Gasteiger partial charge in [-0.3, -0.25) is 0 Å². The van der Waals surface area contributed by atoms with Gasteiger partial charge in [0.05, 0.1) is 5.56 Å². The van der Waals surface area contributed by atoms with E-state index in [1.54, 1.807) is 18.3 Å². The largest absolute Gasteiger partial charge is 0.478 e. The first-order chi connectivity index (χ1) is 10.0. The minimum absolute atomic E-state index is 0.251. The molecule has 0 fully saturated rings. The molecule has 5 heteroatoms. The minimum Gasteiger partial charge on any atom is -0.478 e. The van der Waals surface area contributed by atoms with Crippen molar-refractivity contribution < 1.29 is 9.90 Å². The van der Waals surface area contributed by atoms with Crippen molar-refractivity contribution in [3.8, 4) is 0 Å². The van der Waals surface area contributed by atoms with Gasteiger partial charge in [-0.05, 0) is 35.9 Å². The maximum atomic E-state index is 11.4. The summed E-state index contributed by atoms with van der Waals surface area (Å²) in [5.74, 6) is -0.961. The van der Waals surface area contributed by atoms with E-state index >= 15 is 0 Å². The fourth-order valence-electron chi connectivity index (χ4n) is 2.36. The first-order valence-electron chi connectivity index (χ1n) is 6.31. The van der Waals surface area contributed by atoms with Crippen LogP contribution in [-0.4, -0.2) is 15.6 Å². The highest BCUT2D eigenvalue weighted by atomic mass is 35.5. The normalized spacial score (nSPS) is 11.0. The van der Waals surface area contributed by atoms with Crippen molar-refractivity contribution in [1.82, 2.24) is 4.57 Å². The molecule has 3 nitrogen and oxygen atoms in total. The summed E-state index contributed by atoms with van der Waals surface area (Å²) in [5.41, 5.74) is 2.14. The number of nitrogens with zero attached hydrogens (tertiary/aromatic N) is 1. The molecule has 0 aliphatic heterocycles. The molecule has 0 radical (unpaired) electrons. The maximum Gasteiger partial charge on any atom is 0.337 e. The van der Waals surface area contributed by atoms with Crippen LogP contribution in [0.5, 0.6) is 0 Å². The molecule has 3 aromatic rings. The quantitative estimate of drug-likeness (QED) is 0.760. The number of fused-ring (bicyclic) bond motifs is 1. The molecule has 0 saturated heterocycles. The third-order valence-electron chi connectivity index (χ3n) is 3.34. The Morgan fingerprint density at radius 2 is 1.71 bits per heavy atom. The minimum atomic E-state index is -0.961. The zero-order valence-corrected chi connectivity index (χ0v) is 12.4. The zero-order valence-electron chi connectivity index (χ0n) is 10.9. The highest BCUT2D eigenvalue weighted by molar-refractivity contribution is 6.31. The Balaban J connectivity index is 2.10. The molecule has 1 heterocycles. The Bertz CT molecular complexity index is 822. The lowest BCUT2D eigenvalue weighted by molar-refractivity contribution is 0.0699. The Kier molecular flexibility index (Phi) is 3.62. The summed E-state index contributed by atoms with van der Waals surface area (Å²) in [6, 6.07) is 12.7. The van der Waals surface area contributed by atoms with Crippen molar-refractivity contribution in [2.75, 3.05) is 0 Å². The van der Waals surface area contributed by atoms with Gasteiger partial charge in [0, 0.05) is 33.7 Å². The van der Waals surface area contributed by atoms with Crippen LogP contribution in [0.15, 0.2) is 48.7 Å². The second kappa shape index (κ2) is 5.43. The topological polar surface area (TPSA) is 42.2 Å². The predicted molar refractivity (Wildman–Crippen MR) is 84.5 cm³/mol. The summed E-state index contributed by atoms with van der Waals surface area (Å²) >= 11 is 11.8. The standard InChI is InChI=1S/C16H11Cl2NO2/c17-11-3-1-10(2-4-11)8-19-9-14(16(20)21)13-7-12(18)5-6-15(13)19/h1-7,9H,8H2,(H,20,21). The van der Waals surface area contributed by atoms with E-state index in [1.165, 1.54) is 0 Å². The number of halogens is 2. The average Bonchev–Trinajstić information content (AvgIpc) is 2.79. The van der Waals surface area contributed by atoms with Crippen molar-refractivity contribution in [1.29, 1.82) is 0 Å². The van der Waals surface area contributed by atoms with Gasteiger partial charge >= 0.3 is 5.97 Å². The molecule has 21 heavy (non-hydrogen) atoms. The molecule has 0 unspecified atom stereocenters. The second-order valence-corrected chi connectivity index (χ2v) is 5.64. The van der Waals surface area contributed by atoms with E-state index in [-0.39, 0.29) is 5.56 Å². The Morgan fingerprint density at radius 1 is 1.05 bits per heavy atom. The van der Waals surface area contributed by atoms with Crippen LogP contribution in [0.3, 0.4) is 0 Å². The summed E-state index contributed by atoms with van der Waals surface area (Å²) in [6.45, 7) is 0.572. The van der Waals surface area contributed by atoms with E-state index in [2.05, 4.69) is 0 Å². The molecule has 1 N–H and O–H groups in total. The summed E-state index contributed by atoms with van der Waals surface area (Å²) in [6.07, 6.45) is 1.64. The molecule has 0 amide bonds. The van der Waals surface area contributed by atoms with Gasteiger partial charge in [0.25, 0.3) is 0 Å². The summed E-state index contributed by atoms with van der Waals surface area (Å²) in [4.78, 5) is 11.4. The van der Waals surface area contributed by atoms with E-state index in [0.717, 1.165) is 11.1 Å². The summed E-state index contributed by atoms with van der Waals surface area (Å²) in [5, 5.41) is 11.2. The zero-order chi connectivity index (χ0) is 15.0. The molecule has 0 saturated carbocycles. The predicted octanol–water partition coefficient (Wildman–Crippen LogP) is 4.69. The highest BCUT2D eigenvalue weighted by Crippen LogP contribution is 2.26. The third kappa shape index (κ3) is 2.75. The van der Waals surface area contributed by atoms with Gasteiger partial charge in [-0.2, -0.15) is 0 Å². The highest BCUT2D eigenvalue weighted by Gasteiger charge is 2.14. The lowest BCUT2D eigenvalue weighted by Crippen LogP contribution is -1.98. The van der Waals surface area contributed by atoms with Crippen molar-refractivity contribution in [3.05, 3.63) is 69.8 Å². The number of carboxylic acids is 1. The third-order valence-corrected chi connectivity index (χ3v) is 3.83. The molecule has 106 valence electrons. The number of carboxylic acid groups (broad SMARTS) is 1. The van der Waals surface area contributed by atoms with Crippen molar-refractivity contribution in [3.63, 3.8) is 0 Å². The van der Waals surface area contributed by atoms with Gasteiger partial charge < -0.3 is 9.67 Å². The van der Waals surface area contributed by atoms with E-state index in [0.29, 0.717) is 22.0 Å². The summed E-state index contributed by atoms with van der Waals surface area (Å²) in [7, 11) is 0. The summed E-state index contributed by atoms with van der Waals surface area (Å²) < 4.78 is 1.90. The monoisotopic (exact) mass is 319 g/mol. The van der Waals surface area contributed by atoms with Gasteiger partial charge in [0.15, 0.2) is 0 Å². The van der Waals surface area contributed by atoms with E-state index in [1.807, 2.05) is 34.9 Å². The Morgan fingerprint density at radius 3 is 2.38 bits per heavy atom. The molecular weight excluding hydrogens is 309 g/mol. The van der Waals surface area contributed by atoms with Crippen LogP contribution < -0.4 is 0 Å². The van der Waals surface area contributed by atoms with E-state index in [9.17, 15) is 9.90 Å². The average molecular weight is 320 g/mol. The lowest BCUT2D eigenvalue weighted by atomic mass is 10.2. The number of hydrogen-bond acceptors (Lipinski definition) is 1. The second-order valence-electron chi connectivity index (χ2n) is 4.76. The fourth-order valence-corrected chi connectivity index (χ4v) is 2.66. The molecule has 3 rings (SSSR count). The lowest BCUT2D eigenvalue weighted by Gasteiger charge is -2.05. The first kappa shape index (κ1) is 14.0. The van der Waals surface area contributed by atoms with Crippen molar-refractivity contribution >= 4 is 40.1 Å². The maximum absolute atomic E-state index is 11.4.